The number of hydrogen-bond donors (Lipinski definition) is 0. The van der Waals surface area contributed by atoms with Crippen LogP contribution in [0.1, 0.15) is 6.92 Å². The van der Waals surface area contributed by atoms with Crippen LogP contribution in [0.15, 0.2) is 0 Å². The summed E-state index contributed by atoms with van der Waals surface area (Å²) in [5.74, 6) is 0. The predicted octanol–water partition coefficient (Wildman–Crippen LogP) is 1.34. The highest BCUT2D eigenvalue weighted by Crippen LogP contribution is 1.72. The Morgan fingerprint density at radius 1 is 1.25 bits per heavy atom. The monoisotopic (exact) mass is 161 g/mol. The fraction of sp³-hybridized carbons (Fsp3) is 1.00. The van der Waals surface area contributed by atoms with Crippen LogP contribution in [0.25, 0.3) is 0 Å². The third-order valence-corrected chi connectivity index (χ3v) is 0.387. The van der Waals surface area contributed by atoms with Gasteiger partial charge in [-0.05, 0) is 6.92 Å². The second kappa shape index (κ2) is 10.5. The van der Waals surface area contributed by atoms with Gasteiger partial charge in [-0.15, -0.1) is 24.8 Å². The molecule has 0 unspecified atom stereocenters. The normalized spacial score (nSPS) is 7.50. The third-order valence-electron chi connectivity index (χ3n) is 0.387. The van der Waals surface area contributed by atoms with Gasteiger partial charge < -0.3 is 0 Å². The van der Waals surface area contributed by atoms with Crippen molar-refractivity contribution in [1.82, 2.24) is 5.06 Å². The lowest BCUT2D eigenvalue weighted by Crippen LogP contribution is -2.11. The van der Waals surface area contributed by atoms with E-state index in [0.717, 1.165) is 6.61 Å². The fourth-order valence-corrected chi connectivity index (χ4v) is 0.258. The quantitative estimate of drug-likeness (QED) is 0.568. The highest BCUT2D eigenvalue weighted by molar-refractivity contribution is 5.85. The molecule has 0 amide bonds. The molecule has 4 heteroatoms. The molecule has 0 saturated carbocycles. The van der Waals surface area contributed by atoms with Gasteiger partial charge in [0.05, 0.1) is 6.61 Å². The standard InChI is InChI=1S/C4H11NO.2ClH/c1-4-6-5(2)3;;/h4H2,1-3H3;2*1H. The van der Waals surface area contributed by atoms with Gasteiger partial charge in [-0.1, -0.05) is 0 Å². The molecule has 2 nitrogen and oxygen atoms in total. The summed E-state index contributed by atoms with van der Waals surface area (Å²) in [7, 11) is 3.73. The highest BCUT2D eigenvalue weighted by atomic mass is 35.5. The largest absolute Gasteiger partial charge is 0.300 e. The van der Waals surface area contributed by atoms with Crippen LogP contribution in [0.3, 0.4) is 0 Å². The molecule has 0 radical (unpaired) electrons. The summed E-state index contributed by atoms with van der Waals surface area (Å²) < 4.78 is 0. The smallest absolute Gasteiger partial charge is 0.0656 e. The first-order valence-electron chi connectivity index (χ1n) is 2.07. The van der Waals surface area contributed by atoms with Gasteiger partial charge in [0.25, 0.3) is 0 Å². The maximum Gasteiger partial charge on any atom is 0.0656 e. The maximum atomic E-state index is 4.88. The van der Waals surface area contributed by atoms with Crippen molar-refractivity contribution >= 4 is 24.8 Å². The first-order chi connectivity index (χ1) is 2.77. The maximum absolute atomic E-state index is 4.88. The third kappa shape index (κ3) is 16.1. The van der Waals surface area contributed by atoms with E-state index in [9.17, 15) is 0 Å². The van der Waals surface area contributed by atoms with E-state index in [1.165, 1.54) is 0 Å². The van der Waals surface area contributed by atoms with Gasteiger partial charge in [0, 0.05) is 14.1 Å². The van der Waals surface area contributed by atoms with Gasteiger partial charge in [0.1, 0.15) is 0 Å². The Morgan fingerprint density at radius 3 is 1.62 bits per heavy atom. The van der Waals surface area contributed by atoms with Gasteiger partial charge in [-0.2, -0.15) is 5.06 Å². The van der Waals surface area contributed by atoms with Crippen molar-refractivity contribution in [1.29, 1.82) is 0 Å². The zero-order valence-corrected chi connectivity index (χ0v) is 7.01. The van der Waals surface area contributed by atoms with E-state index in [-0.39, 0.29) is 24.8 Å². The van der Waals surface area contributed by atoms with Crippen LogP contribution in [0, 0.1) is 0 Å². The lowest BCUT2D eigenvalue weighted by Gasteiger charge is -2.05. The minimum Gasteiger partial charge on any atom is -0.300 e. The number of hydroxylamine groups is 2. The second-order valence-electron chi connectivity index (χ2n) is 1.23. The van der Waals surface area contributed by atoms with Crippen LogP contribution in [0.5, 0.6) is 0 Å². The minimum absolute atomic E-state index is 0. The van der Waals surface area contributed by atoms with Crippen molar-refractivity contribution in [2.45, 2.75) is 6.92 Å². The number of rotatable bonds is 2. The van der Waals surface area contributed by atoms with Crippen molar-refractivity contribution in [2.24, 2.45) is 0 Å². The molecule has 54 valence electrons. The molecule has 0 spiro atoms. The van der Waals surface area contributed by atoms with Crippen molar-refractivity contribution in [2.75, 3.05) is 20.7 Å². The molecule has 0 aromatic rings. The van der Waals surface area contributed by atoms with Crippen LogP contribution in [-0.2, 0) is 4.84 Å². The predicted molar refractivity (Wildman–Crippen MR) is 39.8 cm³/mol. The van der Waals surface area contributed by atoms with Crippen LogP contribution in [-0.4, -0.2) is 25.8 Å². The Morgan fingerprint density at radius 2 is 1.62 bits per heavy atom. The van der Waals surface area contributed by atoms with Crippen molar-refractivity contribution in [3.63, 3.8) is 0 Å². The van der Waals surface area contributed by atoms with Crippen molar-refractivity contribution in [3.05, 3.63) is 0 Å². The Balaban J connectivity index is -0.000000125. The topological polar surface area (TPSA) is 12.5 Å². The van der Waals surface area contributed by atoms with Crippen molar-refractivity contribution in [3.8, 4) is 0 Å². The molecule has 0 aromatic carbocycles. The number of halogens is 2. The average Bonchev–Trinajstić information content (AvgIpc) is 1.35. The zero-order valence-electron chi connectivity index (χ0n) is 5.38. The summed E-state index contributed by atoms with van der Waals surface area (Å²) in [5.41, 5.74) is 0. The van der Waals surface area contributed by atoms with E-state index in [0.29, 0.717) is 0 Å². The number of nitrogens with zero attached hydrogens (tertiary/aromatic N) is 1. The second-order valence-corrected chi connectivity index (χ2v) is 1.23. The van der Waals surface area contributed by atoms with E-state index in [2.05, 4.69) is 0 Å². The van der Waals surface area contributed by atoms with Crippen molar-refractivity contribution < 1.29 is 4.84 Å². The fourth-order valence-electron chi connectivity index (χ4n) is 0.258. The van der Waals surface area contributed by atoms with Crippen LogP contribution >= 0.6 is 24.8 Å². The van der Waals surface area contributed by atoms with E-state index in [1.54, 1.807) is 5.06 Å². The van der Waals surface area contributed by atoms with E-state index < -0.39 is 0 Å². The summed E-state index contributed by atoms with van der Waals surface area (Å²) in [6.07, 6.45) is 0. The average molecular weight is 162 g/mol. The molecular weight excluding hydrogens is 149 g/mol. The molecule has 0 fully saturated rings. The highest BCUT2D eigenvalue weighted by Gasteiger charge is 1.77. The molecule has 0 aliphatic carbocycles. The molecule has 0 aliphatic heterocycles. The van der Waals surface area contributed by atoms with E-state index >= 15 is 0 Å². The van der Waals surface area contributed by atoms with Gasteiger partial charge in [0.2, 0.25) is 0 Å². The van der Waals surface area contributed by atoms with Gasteiger partial charge in [-0.3, -0.25) is 4.84 Å². The number of hydrogen-bond acceptors (Lipinski definition) is 2. The minimum atomic E-state index is 0. The molecule has 0 rings (SSSR count). The molecule has 8 heavy (non-hydrogen) atoms. The molecule has 0 heterocycles. The lowest BCUT2D eigenvalue weighted by molar-refractivity contribution is -0.113. The molecule has 0 aromatic heterocycles. The van der Waals surface area contributed by atoms with Crippen LogP contribution in [0.2, 0.25) is 0 Å². The molecule has 0 aliphatic rings. The van der Waals surface area contributed by atoms with Crippen LogP contribution in [0.4, 0.5) is 0 Å². The first-order valence-corrected chi connectivity index (χ1v) is 2.07. The summed E-state index contributed by atoms with van der Waals surface area (Å²) in [6, 6.07) is 0. The first kappa shape index (κ1) is 15.8. The molecular formula is C4H13Cl2NO. The Kier molecular flexibility index (Phi) is 20.7. The Labute approximate surface area is 63.0 Å². The summed E-state index contributed by atoms with van der Waals surface area (Å²) in [4.78, 5) is 4.88. The van der Waals surface area contributed by atoms with Crippen LogP contribution < -0.4 is 0 Å². The molecule has 0 bridgehead atoms. The Hall–Kier alpha value is 0.500. The lowest BCUT2D eigenvalue weighted by atomic mass is 10.9. The summed E-state index contributed by atoms with van der Waals surface area (Å²) >= 11 is 0. The molecule has 0 saturated heterocycles. The zero-order chi connectivity index (χ0) is 4.99. The summed E-state index contributed by atoms with van der Waals surface area (Å²) in [5, 5.41) is 1.68. The molecule has 0 N–H and O–H groups in total. The van der Waals surface area contributed by atoms with Gasteiger partial charge in [0.15, 0.2) is 0 Å². The van der Waals surface area contributed by atoms with E-state index in [4.69, 9.17) is 4.84 Å². The SMILES string of the molecule is CCON(C)C.Cl.Cl. The Bertz CT molecular complexity index is 35.2. The molecule has 0 atom stereocenters. The van der Waals surface area contributed by atoms with E-state index in [1.807, 2.05) is 21.0 Å². The van der Waals surface area contributed by atoms with Gasteiger partial charge in [-0.25, -0.2) is 0 Å². The van der Waals surface area contributed by atoms with Gasteiger partial charge >= 0.3 is 0 Å². The summed E-state index contributed by atoms with van der Waals surface area (Å²) in [6.45, 7) is 2.72.